The minimum absolute atomic E-state index is 0. The van der Waals surface area contributed by atoms with E-state index in [2.05, 4.69) is 149 Å². The van der Waals surface area contributed by atoms with Crippen molar-refractivity contribution in [1.29, 1.82) is 0 Å². The summed E-state index contributed by atoms with van der Waals surface area (Å²) in [5.74, 6) is 0.759. The molecular weight excluding hydrogens is 1810 g/mol. The molecule has 12 aromatic rings. The van der Waals surface area contributed by atoms with Crippen LogP contribution in [0, 0.1) is 38.2 Å². The van der Waals surface area contributed by atoms with Crippen LogP contribution in [0.5, 0.6) is 0 Å². The molecular formula is C60H50F12N20Pt3. The Morgan fingerprint density at radius 2 is 0.632 bits per heavy atom. The fraction of sp³-hybridized carbons (Fsp3) is 0.233. The van der Waals surface area contributed by atoms with Gasteiger partial charge in [-0.3, -0.25) is 40.1 Å². The Morgan fingerprint density at radius 1 is 0.316 bits per heavy atom. The molecule has 0 aliphatic carbocycles. The maximum Gasteiger partial charge on any atom is 2.00 e. The summed E-state index contributed by atoms with van der Waals surface area (Å²) < 4.78 is 148. The molecule has 0 radical (unpaired) electrons. The molecule has 0 saturated carbocycles. The van der Waals surface area contributed by atoms with E-state index in [9.17, 15) is 52.7 Å². The van der Waals surface area contributed by atoms with Crippen molar-refractivity contribution < 1.29 is 116 Å². The van der Waals surface area contributed by atoms with E-state index in [1.165, 1.54) is 11.1 Å². The van der Waals surface area contributed by atoms with Gasteiger partial charge in [-0.2, -0.15) is 39.5 Å². The SMILES string of the molecule is Cc1cc(-c2cc(C(C)(C)C)ccn2)[n-]n1.Cc1n[n-]c(-c2cc(C(C)(C)C)ccn2)n1.Cc1n[n-]c(-c2ccccn2)n1.Fc1ccnc(-c2cc(C(F)(F)F)n[n-]2)c1.Fc1ccnc(-c2cc(C(F)(F)F)n[n-]2)c1.Fc1ccnc(-c2cc(C(F)(F)F)n[n-]2)c1.[Pt+2].[Pt+2].[Pt+2]. The molecule has 0 bridgehead atoms. The molecule has 0 atom stereocenters. The van der Waals surface area contributed by atoms with E-state index < -0.39 is 53.1 Å². The van der Waals surface area contributed by atoms with Crippen LogP contribution in [0.25, 0.3) is 68.6 Å². The van der Waals surface area contributed by atoms with E-state index in [1.807, 2.05) is 62.5 Å². The number of aryl methyl sites for hydroxylation is 3. The van der Waals surface area contributed by atoms with E-state index in [1.54, 1.807) is 19.3 Å². The van der Waals surface area contributed by atoms with Gasteiger partial charge in [0.05, 0.1) is 28.5 Å². The summed E-state index contributed by atoms with van der Waals surface area (Å²) in [7, 11) is 0. The molecule has 35 heteroatoms. The summed E-state index contributed by atoms with van der Waals surface area (Å²) in [4.78, 5) is 32.1. The van der Waals surface area contributed by atoms with Crippen molar-refractivity contribution in [1.82, 2.24) is 101 Å². The number of halogens is 12. The second kappa shape index (κ2) is 34.1. The Kier molecular flexibility index (Phi) is 28.2. The topological polar surface area (TPSA) is 265 Å². The standard InChI is InChI=1S/C13H16N3.C12H15N4.3C9H4F4N3.C8H7N4.3Pt/c1-9-7-12(16-15-9)11-8-10(5-6-14-11)13(2,3)4;1-8-14-11(16-15-8)10-7-9(5-6-13-10)12(2,3)4;3*10-5-1-2-14-6(3-5)7-4-8(16-15-7)9(11,12)13;1-6-10-8(12-11-6)7-4-2-3-5-9-7;;;/h5-8H,1-4H3;5-7H,1-4H3;3*1-4H;2-5H,1H3;;;/q6*-1;3*+2. The first kappa shape index (κ1) is 78.7. The summed E-state index contributed by atoms with van der Waals surface area (Å²) in [5.41, 5.74) is 3.33. The van der Waals surface area contributed by atoms with Gasteiger partial charge in [0.25, 0.3) is 0 Å². The quantitative estimate of drug-likeness (QED) is 0.140. The van der Waals surface area contributed by atoms with Crippen molar-refractivity contribution in [3.8, 4) is 68.6 Å². The molecule has 95 heavy (non-hydrogen) atoms. The molecule has 20 nitrogen and oxygen atoms in total. The first-order valence-electron chi connectivity index (χ1n) is 26.8. The zero-order valence-corrected chi connectivity index (χ0v) is 57.5. The van der Waals surface area contributed by atoms with E-state index in [0.29, 0.717) is 23.3 Å². The van der Waals surface area contributed by atoms with Crippen molar-refractivity contribution in [3.63, 3.8) is 0 Å². The van der Waals surface area contributed by atoms with Crippen molar-refractivity contribution in [2.24, 2.45) is 0 Å². The van der Waals surface area contributed by atoms with Crippen molar-refractivity contribution >= 4 is 0 Å². The Morgan fingerprint density at radius 3 is 0.926 bits per heavy atom. The van der Waals surface area contributed by atoms with E-state index in [-0.39, 0.29) is 108 Å². The molecule has 0 aromatic carbocycles. The van der Waals surface area contributed by atoms with E-state index in [0.717, 1.165) is 102 Å². The number of hydrogen-bond donors (Lipinski definition) is 0. The van der Waals surface area contributed by atoms with Crippen molar-refractivity contribution in [2.45, 2.75) is 91.7 Å². The first-order chi connectivity index (χ1) is 43.2. The summed E-state index contributed by atoms with van der Waals surface area (Å²) in [6.45, 7) is 18.6. The Hall–Kier alpha value is -8.76. The van der Waals surface area contributed by atoms with Gasteiger partial charge in [-0.15, -0.1) is 0 Å². The molecule has 0 unspecified atom stereocenters. The van der Waals surface area contributed by atoms with Crippen LogP contribution in [0.4, 0.5) is 52.7 Å². The van der Waals surface area contributed by atoms with Gasteiger partial charge in [0.15, 0.2) is 0 Å². The zero-order valence-electron chi connectivity index (χ0n) is 50.7. The van der Waals surface area contributed by atoms with Crippen LogP contribution in [0.15, 0.2) is 140 Å². The van der Waals surface area contributed by atoms with Crippen LogP contribution in [0.3, 0.4) is 0 Å². The molecule has 0 fully saturated rings. The largest absolute Gasteiger partial charge is 2.00 e. The third-order valence-electron chi connectivity index (χ3n) is 11.9. The molecule has 504 valence electrons. The van der Waals surface area contributed by atoms with Gasteiger partial charge in [-0.25, -0.2) is 13.2 Å². The third kappa shape index (κ3) is 23.9. The Balaban J connectivity index is 0.000000242. The molecule has 0 aliphatic rings. The summed E-state index contributed by atoms with van der Waals surface area (Å²) in [6.07, 6.45) is -4.90. The van der Waals surface area contributed by atoms with Gasteiger partial charge in [-0.1, -0.05) is 76.5 Å². The van der Waals surface area contributed by atoms with Gasteiger partial charge in [0.1, 0.15) is 34.5 Å². The normalized spacial score (nSPS) is 11.2. The second-order valence-corrected chi connectivity index (χ2v) is 21.2. The van der Waals surface area contributed by atoms with Gasteiger partial charge in [-0.05, 0) is 145 Å². The van der Waals surface area contributed by atoms with Crippen LogP contribution < -0.4 is 30.6 Å². The van der Waals surface area contributed by atoms with Crippen LogP contribution in [0.1, 0.15) is 87.1 Å². The number of pyridine rings is 6. The van der Waals surface area contributed by atoms with E-state index >= 15 is 0 Å². The number of nitrogens with zero attached hydrogens (tertiary/aromatic N) is 20. The monoisotopic (exact) mass is 1860 g/mol. The molecule has 0 saturated heterocycles. The average Bonchev–Trinajstić information content (AvgIpc) is 1.88. The molecule has 0 N–H and O–H groups in total. The van der Waals surface area contributed by atoms with Crippen LogP contribution in [-0.2, 0) is 92.6 Å². The number of hydrogen-bond acceptors (Lipinski definition) is 14. The maximum absolute atomic E-state index is 12.8. The molecule has 12 heterocycles. The van der Waals surface area contributed by atoms with Crippen LogP contribution in [-0.4, -0.2) is 70.5 Å². The van der Waals surface area contributed by atoms with Gasteiger partial charge in [0, 0.05) is 60.2 Å². The molecule has 0 amide bonds. The van der Waals surface area contributed by atoms with Gasteiger partial charge >= 0.3 is 81.7 Å². The zero-order chi connectivity index (χ0) is 67.2. The fourth-order valence-electron chi connectivity index (χ4n) is 7.23. The van der Waals surface area contributed by atoms with E-state index in [4.69, 9.17) is 0 Å². The Labute approximate surface area is 576 Å². The number of aromatic nitrogens is 20. The maximum atomic E-state index is 12.8. The molecule has 0 aliphatic heterocycles. The molecule has 0 spiro atoms. The van der Waals surface area contributed by atoms with Crippen molar-refractivity contribution in [3.05, 3.63) is 203 Å². The molecule has 12 aromatic heterocycles. The molecule has 12 rings (SSSR count). The van der Waals surface area contributed by atoms with Crippen molar-refractivity contribution in [2.75, 3.05) is 0 Å². The van der Waals surface area contributed by atoms with Crippen LogP contribution >= 0.6 is 0 Å². The fourth-order valence-corrected chi connectivity index (χ4v) is 7.23. The number of alkyl halides is 9. The average molecular weight is 1860 g/mol. The third-order valence-corrected chi connectivity index (χ3v) is 11.9. The summed E-state index contributed by atoms with van der Waals surface area (Å²) in [6, 6.07) is 24.1. The first-order valence-corrected chi connectivity index (χ1v) is 26.8. The summed E-state index contributed by atoms with van der Waals surface area (Å²) in [5, 5.41) is 42.4. The smallest absolute Gasteiger partial charge is 0.574 e. The minimum atomic E-state index is -4.56. The van der Waals surface area contributed by atoms with Crippen LogP contribution in [0.2, 0.25) is 0 Å². The summed E-state index contributed by atoms with van der Waals surface area (Å²) >= 11 is 0. The minimum Gasteiger partial charge on any atom is -0.574 e. The van der Waals surface area contributed by atoms with Gasteiger partial charge < -0.3 is 61.0 Å². The predicted octanol–water partition coefficient (Wildman–Crippen LogP) is 12.4. The Bertz CT molecular complexity index is 3980. The predicted molar refractivity (Wildman–Crippen MR) is 307 cm³/mol. The van der Waals surface area contributed by atoms with Gasteiger partial charge in [0.2, 0.25) is 0 Å². The number of rotatable bonds is 6. The second-order valence-electron chi connectivity index (χ2n) is 21.2.